The Morgan fingerprint density at radius 3 is 1.80 bits per heavy atom. The van der Waals surface area contributed by atoms with Gasteiger partial charge >= 0.3 is 6.03 Å². The van der Waals surface area contributed by atoms with Gasteiger partial charge in [-0.25, -0.2) is 4.79 Å². The Labute approximate surface area is 175 Å². The van der Waals surface area contributed by atoms with Gasteiger partial charge < -0.3 is 5.32 Å². The lowest BCUT2D eigenvalue weighted by atomic mass is 9.84. The third-order valence-corrected chi connectivity index (χ3v) is 5.37. The number of imide groups is 1. The minimum Gasteiger partial charge on any atom is -0.322 e. The summed E-state index contributed by atoms with van der Waals surface area (Å²) in [5.74, 6) is -0.232. The van der Waals surface area contributed by atoms with Crippen molar-refractivity contribution in [3.05, 3.63) is 107 Å². The molecule has 5 heteroatoms. The first-order chi connectivity index (χ1) is 14.6. The second kappa shape index (κ2) is 8.22. The molecule has 0 aromatic heterocycles. The van der Waals surface area contributed by atoms with Crippen LogP contribution in [-0.4, -0.2) is 22.4 Å². The highest BCUT2D eigenvalue weighted by atomic mass is 16.2. The summed E-state index contributed by atoms with van der Waals surface area (Å²) in [5.41, 5.74) is 2.28. The second-order valence-electron chi connectivity index (χ2n) is 7.54. The maximum absolute atomic E-state index is 13.6. The molecule has 0 saturated carbocycles. The zero-order chi connectivity index (χ0) is 21.0. The third-order valence-electron chi connectivity index (χ3n) is 5.37. The summed E-state index contributed by atoms with van der Waals surface area (Å²) in [5, 5.41) is 12.0. The number of amides is 3. The first-order valence-electron chi connectivity index (χ1n) is 9.81. The summed E-state index contributed by atoms with van der Waals surface area (Å²) in [6.45, 7) is 0.168. The Bertz CT molecular complexity index is 1050. The minimum absolute atomic E-state index is 0.168. The predicted molar refractivity (Wildman–Crippen MR) is 113 cm³/mol. The average molecular weight is 395 g/mol. The average Bonchev–Trinajstić information content (AvgIpc) is 2.99. The Morgan fingerprint density at radius 1 is 0.767 bits per heavy atom. The van der Waals surface area contributed by atoms with E-state index < -0.39 is 11.6 Å². The molecular weight excluding hydrogens is 374 g/mol. The van der Waals surface area contributed by atoms with Gasteiger partial charge in [0.15, 0.2) is 0 Å². The van der Waals surface area contributed by atoms with Crippen LogP contribution in [0.1, 0.15) is 22.3 Å². The first kappa shape index (κ1) is 19.4. The van der Waals surface area contributed by atoms with Gasteiger partial charge in [0.25, 0.3) is 5.91 Å². The summed E-state index contributed by atoms with van der Waals surface area (Å²) < 4.78 is 0. The SMILES string of the molecule is N#Cc1ccc(CN2C(=O)NC(Cc3ccccc3)(Cc3ccccc3)C2=O)cc1. The number of carbonyl (C=O) groups is 2. The van der Waals surface area contributed by atoms with Crippen LogP contribution < -0.4 is 5.32 Å². The summed E-state index contributed by atoms with van der Waals surface area (Å²) in [6.07, 6.45) is 0.828. The molecule has 1 N–H and O–H groups in total. The molecule has 5 nitrogen and oxygen atoms in total. The topological polar surface area (TPSA) is 73.2 Å². The number of nitriles is 1. The molecule has 0 atom stereocenters. The normalized spacial score (nSPS) is 15.0. The van der Waals surface area contributed by atoms with Gasteiger partial charge in [-0.1, -0.05) is 72.8 Å². The van der Waals surface area contributed by atoms with Gasteiger partial charge in [-0.15, -0.1) is 0 Å². The van der Waals surface area contributed by atoms with E-state index in [1.54, 1.807) is 24.3 Å². The molecule has 0 bridgehead atoms. The number of rotatable bonds is 6. The third kappa shape index (κ3) is 3.94. The molecule has 1 saturated heterocycles. The van der Waals surface area contributed by atoms with Gasteiger partial charge in [0, 0.05) is 12.8 Å². The van der Waals surface area contributed by atoms with E-state index in [9.17, 15) is 9.59 Å². The van der Waals surface area contributed by atoms with Crippen LogP contribution in [0.2, 0.25) is 0 Å². The van der Waals surface area contributed by atoms with Crippen molar-refractivity contribution in [1.29, 1.82) is 5.26 Å². The standard InChI is InChI=1S/C25H21N3O2/c26-17-21-11-13-22(14-12-21)18-28-23(29)25(27-24(28)30,15-19-7-3-1-4-8-19)16-20-9-5-2-6-10-20/h1-14H,15-16,18H2,(H,27,30). The van der Waals surface area contributed by atoms with E-state index in [1.165, 1.54) is 4.90 Å². The maximum atomic E-state index is 13.6. The Kier molecular flexibility index (Phi) is 5.32. The van der Waals surface area contributed by atoms with E-state index in [2.05, 4.69) is 11.4 Å². The molecular formula is C25H21N3O2. The van der Waals surface area contributed by atoms with Gasteiger partial charge in [-0.3, -0.25) is 9.69 Å². The fourth-order valence-corrected chi connectivity index (χ4v) is 3.88. The van der Waals surface area contributed by atoms with Crippen LogP contribution in [0, 0.1) is 11.3 Å². The molecule has 148 valence electrons. The highest BCUT2D eigenvalue weighted by Gasteiger charge is 2.50. The highest BCUT2D eigenvalue weighted by Crippen LogP contribution is 2.28. The molecule has 0 unspecified atom stereocenters. The molecule has 1 aliphatic rings. The molecule has 4 rings (SSSR count). The van der Waals surface area contributed by atoms with Crippen molar-refractivity contribution < 1.29 is 9.59 Å². The van der Waals surface area contributed by atoms with Gasteiger partial charge in [0.2, 0.25) is 0 Å². The predicted octanol–water partition coefficient (Wildman–Crippen LogP) is 3.83. The van der Waals surface area contributed by atoms with E-state index in [0.29, 0.717) is 18.4 Å². The number of carbonyl (C=O) groups excluding carboxylic acids is 2. The number of hydrogen-bond acceptors (Lipinski definition) is 3. The maximum Gasteiger partial charge on any atom is 0.325 e. The van der Waals surface area contributed by atoms with Crippen molar-refractivity contribution in [2.24, 2.45) is 0 Å². The van der Waals surface area contributed by atoms with E-state index in [0.717, 1.165) is 16.7 Å². The quantitative estimate of drug-likeness (QED) is 0.645. The molecule has 1 fully saturated rings. The van der Waals surface area contributed by atoms with Gasteiger partial charge in [-0.2, -0.15) is 5.26 Å². The monoisotopic (exact) mass is 395 g/mol. The molecule has 3 amide bonds. The molecule has 3 aromatic carbocycles. The molecule has 30 heavy (non-hydrogen) atoms. The van der Waals surface area contributed by atoms with Crippen molar-refractivity contribution in [2.75, 3.05) is 0 Å². The van der Waals surface area contributed by atoms with Crippen molar-refractivity contribution in [1.82, 2.24) is 10.2 Å². The summed E-state index contributed by atoms with van der Waals surface area (Å²) in [7, 11) is 0. The van der Waals surface area contributed by atoms with Crippen molar-refractivity contribution in [3.8, 4) is 6.07 Å². The van der Waals surface area contributed by atoms with Gasteiger partial charge in [0.1, 0.15) is 5.54 Å². The Balaban J connectivity index is 1.64. The first-order valence-corrected chi connectivity index (χ1v) is 9.81. The van der Waals surface area contributed by atoms with E-state index >= 15 is 0 Å². The highest BCUT2D eigenvalue weighted by molar-refractivity contribution is 6.07. The lowest BCUT2D eigenvalue weighted by molar-refractivity contribution is -0.131. The van der Waals surface area contributed by atoms with Crippen LogP contribution in [0.5, 0.6) is 0 Å². The van der Waals surface area contributed by atoms with Crippen LogP contribution in [-0.2, 0) is 24.2 Å². The van der Waals surface area contributed by atoms with Crippen LogP contribution in [0.15, 0.2) is 84.9 Å². The van der Waals surface area contributed by atoms with E-state index in [4.69, 9.17) is 5.26 Å². The van der Waals surface area contributed by atoms with Crippen molar-refractivity contribution in [3.63, 3.8) is 0 Å². The number of nitrogens with zero attached hydrogens (tertiary/aromatic N) is 2. The molecule has 0 radical (unpaired) electrons. The van der Waals surface area contributed by atoms with Crippen molar-refractivity contribution >= 4 is 11.9 Å². The van der Waals surface area contributed by atoms with Crippen LogP contribution >= 0.6 is 0 Å². The van der Waals surface area contributed by atoms with Crippen LogP contribution in [0.4, 0.5) is 4.79 Å². The largest absolute Gasteiger partial charge is 0.325 e. The lowest BCUT2D eigenvalue weighted by Gasteiger charge is -2.27. The molecule has 1 aliphatic heterocycles. The van der Waals surface area contributed by atoms with E-state index in [-0.39, 0.29) is 12.5 Å². The second-order valence-corrected chi connectivity index (χ2v) is 7.54. The summed E-state index contributed by atoms with van der Waals surface area (Å²) in [6, 6.07) is 28.1. The number of urea groups is 1. The Hall–Kier alpha value is -3.91. The van der Waals surface area contributed by atoms with E-state index in [1.807, 2.05) is 60.7 Å². The smallest absolute Gasteiger partial charge is 0.322 e. The number of nitrogens with one attached hydrogen (secondary N) is 1. The zero-order valence-corrected chi connectivity index (χ0v) is 16.4. The Morgan fingerprint density at radius 2 is 1.30 bits per heavy atom. The molecule has 3 aromatic rings. The van der Waals surface area contributed by atoms with Gasteiger partial charge in [0.05, 0.1) is 18.2 Å². The fraction of sp³-hybridized carbons (Fsp3) is 0.160. The minimum atomic E-state index is -1.04. The van der Waals surface area contributed by atoms with Crippen molar-refractivity contribution in [2.45, 2.75) is 24.9 Å². The molecule has 0 spiro atoms. The summed E-state index contributed by atoms with van der Waals surface area (Å²) in [4.78, 5) is 27.7. The number of hydrogen-bond donors (Lipinski definition) is 1. The number of benzene rings is 3. The lowest BCUT2D eigenvalue weighted by Crippen LogP contribution is -2.51. The fourth-order valence-electron chi connectivity index (χ4n) is 3.88. The van der Waals surface area contributed by atoms with Crippen LogP contribution in [0.25, 0.3) is 0 Å². The van der Waals surface area contributed by atoms with Gasteiger partial charge in [-0.05, 0) is 28.8 Å². The zero-order valence-electron chi connectivity index (χ0n) is 16.4. The summed E-state index contributed by atoms with van der Waals surface area (Å²) >= 11 is 0. The molecule has 1 heterocycles. The molecule has 0 aliphatic carbocycles. The van der Waals surface area contributed by atoms with Crippen LogP contribution in [0.3, 0.4) is 0 Å².